The molecule has 142 valence electrons. The van der Waals surface area contributed by atoms with Gasteiger partial charge in [-0.2, -0.15) is 13.2 Å². The molecule has 0 radical (unpaired) electrons. The molecular weight excluding hydrogens is 361 g/mol. The molecule has 2 rings (SSSR count). The van der Waals surface area contributed by atoms with Gasteiger partial charge in [-0.3, -0.25) is 0 Å². The van der Waals surface area contributed by atoms with Crippen molar-refractivity contribution < 1.29 is 17.4 Å². The molecule has 0 aliphatic carbocycles. The predicted molar refractivity (Wildman–Crippen MR) is 103 cm³/mol. The van der Waals surface area contributed by atoms with Gasteiger partial charge in [-0.15, -0.1) is 0 Å². The molecular formula is C19H23F3N2OS. The lowest BCUT2D eigenvalue weighted by Gasteiger charge is -2.15. The van der Waals surface area contributed by atoms with Crippen LogP contribution in [-0.4, -0.2) is 11.3 Å². The second kappa shape index (κ2) is 9.54. The van der Waals surface area contributed by atoms with Crippen LogP contribution in [0.5, 0.6) is 0 Å². The minimum atomic E-state index is -4.40. The molecule has 0 saturated heterocycles. The van der Waals surface area contributed by atoms with Gasteiger partial charge < -0.3 is 5.32 Å². The van der Waals surface area contributed by atoms with Crippen LogP contribution in [0.2, 0.25) is 0 Å². The summed E-state index contributed by atoms with van der Waals surface area (Å²) in [7, 11) is 0.220. The Bertz CT molecular complexity index is 789. The van der Waals surface area contributed by atoms with Crippen molar-refractivity contribution >= 4 is 27.9 Å². The van der Waals surface area contributed by atoms with E-state index in [4.69, 9.17) is 0 Å². The van der Waals surface area contributed by atoms with E-state index in [1.807, 2.05) is 13.8 Å². The molecule has 2 aromatic rings. The fraction of sp³-hybridized carbons (Fsp3) is 0.263. The number of halogens is 3. The molecule has 0 aliphatic heterocycles. The second-order valence-corrected chi connectivity index (χ2v) is 6.58. The van der Waals surface area contributed by atoms with Crippen molar-refractivity contribution in [2.24, 2.45) is 0 Å². The van der Waals surface area contributed by atoms with E-state index >= 15 is 0 Å². The maximum atomic E-state index is 12.8. The average Bonchev–Trinajstić information content (AvgIpc) is 2.62. The van der Waals surface area contributed by atoms with Gasteiger partial charge in [0.25, 0.3) is 0 Å². The van der Waals surface area contributed by atoms with Crippen molar-refractivity contribution in [1.82, 2.24) is 4.72 Å². The van der Waals surface area contributed by atoms with E-state index in [1.54, 1.807) is 38.2 Å². The molecule has 1 atom stereocenters. The van der Waals surface area contributed by atoms with Crippen molar-refractivity contribution in [3.8, 4) is 0 Å². The van der Waals surface area contributed by atoms with Crippen LogP contribution in [0.1, 0.15) is 31.9 Å². The molecule has 26 heavy (non-hydrogen) atoms. The third-order valence-electron chi connectivity index (χ3n) is 3.32. The van der Waals surface area contributed by atoms with Gasteiger partial charge in [0.05, 0.1) is 10.5 Å². The Kier molecular flexibility index (Phi) is 8.05. The minimum absolute atomic E-state index is 0.315. The summed E-state index contributed by atoms with van der Waals surface area (Å²) in [6, 6.07) is 9.98. The zero-order valence-corrected chi connectivity index (χ0v) is 16.0. The van der Waals surface area contributed by atoms with Crippen molar-refractivity contribution in [2.75, 3.05) is 12.4 Å². The monoisotopic (exact) mass is 384 g/mol. The summed E-state index contributed by atoms with van der Waals surface area (Å²) in [5, 5.41) is 2.97. The van der Waals surface area contributed by atoms with E-state index in [9.17, 15) is 17.4 Å². The maximum absolute atomic E-state index is 12.8. The molecule has 1 unspecified atom stereocenters. The van der Waals surface area contributed by atoms with Crippen LogP contribution in [0.25, 0.3) is 5.57 Å². The van der Waals surface area contributed by atoms with Crippen molar-refractivity contribution in [3.63, 3.8) is 0 Å². The van der Waals surface area contributed by atoms with Crippen LogP contribution in [0.4, 0.5) is 24.5 Å². The van der Waals surface area contributed by atoms with Gasteiger partial charge >= 0.3 is 6.18 Å². The second-order valence-electron chi connectivity index (χ2n) is 5.16. The summed E-state index contributed by atoms with van der Waals surface area (Å²) in [6.07, 6.45) is -4.40. The smallest absolute Gasteiger partial charge is 0.355 e. The molecule has 0 amide bonds. The number of rotatable bonds is 5. The first-order valence-electron chi connectivity index (χ1n) is 8.05. The normalized spacial score (nSPS) is 12.0. The molecule has 0 heterocycles. The van der Waals surface area contributed by atoms with E-state index in [1.165, 1.54) is 6.07 Å². The fourth-order valence-corrected chi connectivity index (χ4v) is 2.80. The molecule has 0 aromatic heterocycles. The number of hydrogen-bond acceptors (Lipinski definition) is 2. The van der Waals surface area contributed by atoms with Gasteiger partial charge in [0.1, 0.15) is 11.0 Å². The fourth-order valence-electron chi connectivity index (χ4n) is 2.15. The Labute approximate surface area is 154 Å². The van der Waals surface area contributed by atoms with Gasteiger partial charge in [-0.25, -0.2) is 8.93 Å². The lowest BCUT2D eigenvalue weighted by atomic mass is 10.1. The van der Waals surface area contributed by atoms with Crippen molar-refractivity contribution in [3.05, 3.63) is 60.2 Å². The quantitative estimate of drug-likeness (QED) is 0.689. The third kappa shape index (κ3) is 5.71. The highest BCUT2D eigenvalue weighted by molar-refractivity contribution is 7.83. The Morgan fingerprint density at radius 2 is 1.77 bits per heavy atom. The zero-order chi connectivity index (χ0) is 19.9. The molecule has 0 spiro atoms. The Balaban J connectivity index is 0.00000163. The highest BCUT2D eigenvalue weighted by Gasteiger charge is 2.30. The minimum Gasteiger partial charge on any atom is -0.355 e. The van der Waals surface area contributed by atoms with Gasteiger partial charge in [-0.1, -0.05) is 26.5 Å². The lowest BCUT2D eigenvalue weighted by molar-refractivity contribution is -0.137. The Morgan fingerprint density at radius 3 is 2.31 bits per heavy atom. The summed E-state index contributed by atoms with van der Waals surface area (Å²) in [4.78, 5) is 0.560. The van der Waals surface area contributed by atoms with E-state index in [0.29, 0.717) is 27.4 Å². The molecule has 2 N–H and O–H groups in total. The van der Waals surface area contributed by atoms with Gasteiger partial charge in [0.15, 0.2) is 0 Å². The molecule has 7 heteroatoms. The predicted octanol–water partition coefficient (Wildman–Crippen LogP) is 5.75. The average molecular weight is 384 g/mol. The number of alkyl halides is 3. The summed E-state index contributed by atoms with van der Waals surface area (Å²) >= 11 is 0. The highest BCUT2D eigenvalue weighted by atomic mass is 32.2. The number of allylic oxidation sites excluding steroid dienone is 1. The van der Waals surface area contributed by atoms with E-state index in [2.05, 4.69) is 16.6 Å². The topological polar surface area (TPSA) is 41.1 Å². The number of anilines is 2. The molecule has 0 fully saturated rings. The van der Waals surface area contributed by atoms with Crippen LogP contribution in [0, 0.1) is 0 Å². The van der Waals surface area contributed by atoms with Crippen LogP contribution < -0.4 is 10.0 Å². The van der Waals surface area contributed by atoms with Gasteiger partial charge in [-0.05, 0) is 55.9 Å². The van der Waals surface area contributed by atoms with Crippen LogP contribution in [0.3, 0.4) is 0 Å². The Morgan fingerprint density at radius 1 is 1.12 bits per heavy atom. The number of benzene rings is 2. The van der Waals surface area contributed by atoms with Crippen LogP contribution >= 0.6 is 0 Å². The largest absolute Gasteiger partial charge is 0.416 e. The van der Waals surface area contributed by atoms with Crippen LogP contribution in [-0.2, 0) is 17.2 Å². The molecule has 0 saturated carbocycles. The molecule has 3 nitrogen and oxygen atoms in total. The van der Waals surface area contributed by atoms with E-state index < -0.39 is 22.7 Å². The molecule has 0 aliphatic rings. The Hall–Kier alpha value is -2.12. The van der Waals surface area contributed by atoms with Crippen LogP contribution in [0.15, 0.2) is 53.9 Å². The summed E-state index contributed by atoms with van der Waals surface area (Å²) < 4.78 is 52.9. The first kappa shape index (κ1) is 21.9. The third-order valence-corrected chi connectivity index (χ3v) is 4.37. The molecule has 2 aromatic carbocycles. The van der Waals surface area contributed by atoms with Crippen molar-refractivity contribution in [1.29, 1.82) is 0 Å². The summed E-state index contributed by atoms with van der Waals surface area (Å²) in [5.74, 6) is 0. The van der Waals surface area contributed by atoms with Gasteiger partial charge in [0, 0.05) is 16.9 Å². The summed E-state index contributed by atoms with van der Waals surface area (Å²) in [6.45, 7) is 9.65. The first-order valence-corrected chi connectivity index (χ1v) is 9.20. The lowest BCUT2D eigenvalue weighted by Crippen LogP contribution is -2.11. The first-order chi connectivity index (χ1) is 12.2. The summed E-state index contributed by atoms with van der Waals surface area (Å²) in [5.41, 5.74) is 1.58. The number of nitrogens with one attached hydrogen (secondary N) is 2. The van der Waals surface area contributed by atoms with E-state index in [-0.39, 0.29) is 0 Å². The zero-order valence-electron chi connectivity index (χ0n) is 15.2. The van der Waals surface area contributed by atoms with Crippen molar-refractivity contribution in [2.45, 2.75) is 31.8 Å². The maximum Gasteiger partial charge on any atom is 0.416 e. The standard InChI is InChI=1S/C17H17F3N2OS.C2H6/c1-11(2)15-10-14(24(23)21-3)7-8-16(15)22-13-6-4-5-12(9-13)17(18,19)20;1-2/h4-10,21-22H,1H2,2-3H3;1-2H3. The number of hydrogen-bond donors (Lipinski definition) is 2. The highest BCUT2D eigenvalue weighted by Crippen LogP contribution is 2.33. The van der Waals surface area contributed by atoms with E-state index in [0.717, 1.165) is 12.1 Å². The molecule has 0 bridgehead atoms. The SMILES string of the molecule is C=C(C)c1cc(S(=O)NC)ccc1Nc1cccc(C(F)(F)F)c1.CC. The van der Waals surface area contributed by atoms with Gasteiger partial charge in [0.2, 0.25) is 0 Å².